The van der Waals surface area contributed by atoms with Gasteiger partial charge in [-0.3, -0.25) is 0 Å². The molecule has 2 heterocycles. The summed E-state index contributed by atoms with van der Waals surface area (Å²) in [5.74, 6) is 1.06. The molecule has 0 spiro atoms. The fraction of sp³-hybridized carbons (Fsp3) is 0.0833. The molecule has 3 aromatic rings. The number of aromatic amines is 1. The molecule has 0 radical (unpaired) electrons. The predicted octanol–water partition coefficient (Wildman–Crippen LogP) is 2.28. The second kappa shape index (κ2) is 4.51. The number of rotatable bonds is 2. The van der Waals surface area contributed by atoms with Crippen molar-refractivity contribution in [2.24, 2.45) is 0 Å². The topological polar surface area (TPSA) is 72.3 Å². The van der Waals surface area contributed by atoms with Crippen LogP contribution < -0.4 is 10.4 Å². The molecule has 0 bridgehead atoms. The van der Waals surface area contributed by atoms with Crippen LogP contribution in [-0.4, -0.2) is 19.6 Å². The Hall–Kier alpha value is -2.15. The highest BCUT2D eigenvalue weighted by Crippen LogP contribution is 2.25. The van der Waals surface area contributed by atoms with E-state index in [-0.39, 0.29) is 5.69 Å². The number of hydrogen-bond acceptors (Lipinski definition) is 4. The van der Waals surface area contributed by atoms with Gasteiger partial charge < -0.3 is 4.74 Å². The van der Waals surface area contributed by atoms with Gasteiger partial charge in [0.1, 0.15) is 12.1 Å². The monoisotopic (exact) mass is 320 g/mol. The third kappa shape index (κ3) is 2.24. The van der Waals surface area contributed by atoms with Crippen molar-refractivity contribution in [3.63, 3.8) is 0 Å². The Balaban J connectivity index is 1.96. The van der Waals surface area contributed by atoms with E-state index in [0.29, 0.717) is 17.3 Å². The van der Waals surface area contributed by atoms with Crippen LogP contribution in [0.5, 0.6) is 11.6 Å². The summed E-state index contributed by atoms with van der Waals surface area (Å²) < 4.78 is 7.95. The molecule has 1 aromatic carbocycles. The molecule has 0 fully saturated rings. The van der Waals surface area contributed by atoms with Crippen LogP contribution in [0.1, 0.15) is 5.56 Å². The van der Waals surface area contributed by atoms with Crippen molar-refractivity contribution >= 4 is 21.6 Å². The maximum atomic E-state index is 11.3. The third-order valence-corrected chi connectivity index (χ3v) is 3.53. The first-order valence-corrected chi connectivity index (χ1v) is 6.29. The van der Waals surface area contributed by atoms with Crippen molar-refractivity contribution in [2.45, 2.75) is 6.92 Å². The van der Waals surface area contributed by atoms with Crippen LogP contribution >= 0.6 is 15.9 Å². The van der Waals surface area contributed by atoms with Gasteiger partial charge in [-0.05, 0) is 30.7 Å². The van der Waals surface area contributed by atoms with Gasteiger partial charge in [-0.25, -0.2) is 19.3 Å². The van der Waals surface area contributed by atoms with E-state index in [1.807, 2.05) is 25.1 Å². The van der Waals surface area contributed by atoms with E-state index in [2.05, 4.69) is 31.1 Å². The molecular weight excluding hydrogens is 312 g/mol. The molecule has 0 saturated carbocycles. The van der Waals surface area contributed by atoms with Gasteiger partial charge in [0.2, 0.25) is 5.88 Å². The number of nitrogens with one attached hydrogen (secondary N) is 1. The highest BCUT2D eigenvalue weighted by molar-refractivity contribution is 9.10. The zero-order valence-corrected chi connectivity index (χ0v) is 11.5. The van der Waals surface area contributed by atoms with Gasteiger partial charge in [-0.2, -0.15) is 5.10 Å². The average molecular weight is 321 g/mol. The Kier molecular flexibility index (Phi) is 2.83. The number of H-pyrrole nitrogens is 1. The maximum Gasteiger partial charge on any atom is 0.348 e. The summed E-state index contributed by atoms with van der Waals surface area (Å²) in [6, 6.07) is 7.23. The Bertz CT molecular complexity index is 809. The molecule has 0 saturated heterocycles. The second-order valence-electron chi connectivity index (χ2n) is 4.00. The minimum absolute atomic E-state index is 0.325. The highest BCUT2D eigenvalue weighted by Gasteiger charge is 2.05. The van der Waals surface area contributed by atoms with E-state index in [0.717, 1.165) is 10.0 Å². The first-order valence-electron chi connectivity index (χ1n) is 5.50. The Labute approximate surface area is 116 Å². The summed E-state index contributed by atoms with van der Waals surface area (Å²) in [7, 11) is 0. The molecule has 0 aliphatic carbocycles. The molecule has 6 nitrogen and oxygen atoms in total. The molecule has 0 unspecified atom stereocenters. The summed E-state index contributed by atoms with van der Waals surface area (Å²) in [6.07, 6.45) is 1.38. The van der Waals surface area contributed by atoms with Crippen LogP contribution in [0.2, 0.25) is 0 Å². The third-order valence-electron chi connectivity index (χ3n) is 2.64. The number of hydrogen-bond donors (Lipinski definition) is 1. The molecule has 0 aliphatic heterocycles. The number of nitrogens with zero attached hydrogens (tertiary/aromatic N) is 3. The van der Waals surface area contributed by atoms with Gasteiger partial charge in [-0.1, -0.05) is 15.9 Å². The normalized spacial score (nSPS) is 10.8. The zero-order chi connectivity index (χ0) is 13.4. The van der Waals surface area contributed by atoms with Gasteiger partial charge in [0.05, 0.1) is 0 Å². The molecule has 0 atom stereocenters. The number of aromatic nitrogens is 4. The quantitative estimate of drug-likeness (QED) is 0.786. The number of benzene rings is 1. The summed E-state index contributed by atoms with van der Waals surface area (Å²) in [5.41, 5.74) is 1.20. The molecular formula is C12H9BrN4O2. The molecule has 0 amide bonds. The SMILES string of the molecule is Cc1cc(Oc2cc3n[nH]c(=O)n3cn2)ccc1Br. The van der Waals surface area contributed by atoms with Crippen molar-refractivity contribution in [2.75, 3.05) is 0 Å². The van der Waals surface area contributed by atoms with Crippen LogP contribution in [0.3, 0.4) is 0 Å². The van der Waals surface area contributed by atoms with Gasteiger partial charge in [0.15, 0.2) is 5.65 Å². The minimum atomic E-state index is -0.325. The van der Waals surface area contributed by atoms with E-state index in [9.17, 15) is 4.79 Å². The van der Waals surface area contributed by atoms with Crippen LogP contribution in [0, 0.1) is 6.92 Å². The number of aryl methyl sites for hydroxylation is 1. The van der Waals surface area contributed by atoms with Gasteiger partial charge in [-0.15, -0.1) is 0 Å². The van der Waals surface area contributed by atoms with E-state index in [1.165, 1.54) is 10.7 Å². The summed E-state index contributed by atoms with van der Waals surface area (Å²) >= 11 is 3.43. The van der Waals surface area contributed by atoms with Crippen molar-refractivity contribution in [1.29, 1.82) is 0 Å². The minimum Gasteiger partial charge on any atom is -0.439 e. The first-order chi connectivity index (χ1) is 9.13. The number of fused-ring (bicyclic) bond motifs is 1. The second-order valence-corrected chi connectivity index (χ2v) is 4.85. The van der Waals surface area contributed by atoms with Crippen molar-refractivity contribution in [3.05, 3.63) is 51.1 Å². The lowest BCUT2D eigenvalue weighted by Gasteiger charge is -2.06. The molecule has 3 rings (SSSR count). The van der Waals surface area contributed by atoms with E-state index in [1.54, 1.807) is 6.07 Å². The lowest BCUT2D eigenvalue weighted by atomic mass is 10.2. The fourth-order valence-electron chi connectivity index (χ4n) is 1.65. The molecule has 7 heteroatoms. The average Bonchev–Trinajstić information content (AvgIpc) is 2.75. The summed E-state index contributed by atoms with van der Waals surface area (Å²) in [4.78, 5) is 15.3. The molecule has 1 N–H and O–H groups in total. The molecule has 2 aromatic heterocycles. The Morgan fingerprint density at radius 3 is 3.00 bits per heavy atom. The summed E-state index contributed by atoms with van der Waals surface area (Å²) in [5, 5.41) is 6.19. The van der Waals surface area contributed by atoms with Crippen molar-refractivity contribution in [1.82, 2.24) is 19.6 Å². The first kappa shape index (κ1) is 11.9. The van der Waals surface area contributed by atoms with E-state index >= 15 is 0 Å². The van der Waals surface area contributed by atoms with Gasteiger partial charge in [0, 0.05) is 10.5 Å². The summed E-state index contributed by atoms with van der Waals surface area (Å²) in [6.45, 7) is 1.97. The number of ether oxygens (including phenoxy) is 1. The van der Waals surface area contributed by atoms with Crippen LogP contribution in [-0.2, 0) is 0 Å². The van der Waals surface area contributed by atoms with Crippen molar-refractivity contribution in [3.8, 4) is 11.6 Å². The lowest BCUT2D eigenvalue weighted by molar-refractivity contribution is 0.461. The standard InChI is InChI=1S/C12H9BrN4O2/c1-7-4-8(2-3-9(7)13)19-11-5-10-15-16-12(18)17(10)6-14-11/h2-6H,1H3,(H,16,18). The smallest absolute Gasteiger partial charge is 0.348 e. The van der Waals surface area contributed by atoms with Crippen molar-refractivity contribution < 1.29 is 4.74 Å². The fourth-order valence-corrected chi connectivity index (χ4v) is 1.90. The Morgan fingerprint density at radius 1 is 1.37 bits per heavy atom. The highest BCUT2D eigenvalue weighted by atomic mass is 79.9. The van der Waals surface area contributed by atoms with Gasteiger partial charge in [0.25, 0.3) is 0 Å². The predicted molar refractivity (Wildman–Crippen MR) is 72.6 cm³/mol. The zero-order valence-electron chi connectivity index (χ0n) is 9.92. The lowest BCUT2D eigenvalue weighted by Crippen LogP contribution is -2.09. The molecule has 96 valence electrons. The van der Waals surface area contributed by atoms with Crippen LogP contribution in [0.25, 0.3) is 5.65 Å². The van der Waals surface area contributed by atoms with Crippen LogP contribution in [0.15, 0.2) is 39.9 Å². The van der Waals surface area contributed by atoms with E-state index in [4.69, 9.17) is 4.74 Å². The maximum absolute atomic E-state index is 11.3. The molecule has 0 aliphatic rings. The van der Waals surface area contributed by atoms with Gasteiger partial charge >= 0.3 is 5.69 Å². The van der Waals surface area contributed by atoms with E-state index < -0.39 is 0 Å². The number of halogens is 1. The Morgan fingerprint density at radius 2 is 2.21 bits per heavy atom. The van der Waals surface area contributed by atoms with Crippen LogP contribution in [0.4, 0.5) is 0 Å². The largest absolute Gasteiger partial charge is 0.439 e. The molecule has 19 heavy (non-hydrogen) atoms.